The number of aromatic hydroxyl groups is 1. The van der Waals surface area contributed by atoms with E-state index in [2.05, 4.69) is 22.6 Å². The zero-order valence-electron chi connectivity index (χ0n) is 14.8. The van der Waals surface area contributed by atoms with Crippen LogP contribution in [0.1, 0.15) is 26.3 Å². The number of hydrogen-bond acceptors (Lipinski definition) is 4. The Labute approximate surface area is 161 Å². The Balaban J connectivity index is 2.21. The third-order valence-corrected chi connectivity index (χ3v) is 5.27. The number of hydrogen-bond donors (Lipinski definition) is 1. The van der Waals surface area contributed by atoms with Crippen LogP contribution in [0.15, 0.2) is 24.3 Å². The number of phenols is 1. The zero-order chi connectivity index (χ0) is 18.4. The van der Waals surface area contributed by atoms with Crippen molar-refractivity contribution in [1.29, 1.82) is 0 Å². The maximum absolute atomic E-state index is 12.8. The van der Waals surface area contributed by atoms with Crippen LogP contribution in [0, 0.1) is 3.57 Å². The molecule has 0 bridgehead atoms. The summed E-state index contributed by atoms with van der Waals surface area (Å²) in [7, 11) is 1.65. The van der Waals surface area contributed by atoms with Gasteiger partial charge in [-0.3, -0.25) is 4.90 Å². The smallest absolute Gasteiger partial charge is 0.414 e. The molecule has 0 unspecified atom stereocenters. The molecule has 3 rings (SSSR count). The minimum Gasteiger partial charge on any atom is -0.506 e. The lowest BCUT2D eigenvalue weighted by Gasteiger charge is -2.36. The topological polar surface area (TPSA) is 59.0 Å². The quantitative estimate of drug-likeness (QED) is 0.646. The van der Waals surface area contributed by atoms with Crippen LogP contribution in [0.3, 0.4) is 0 Å². The summed E-state index contributed by atoms with van der Waals surface area (Å²) in [5.41, 5.74) is 1.13. The Morgan fingerprint density at radius 3 is 2.52 bits per heavy atom. The monoisotopic (exact) mass is 455 g/mol. The lowest BCUT2D eigenvalue weighted by Crippen LogP contribution is -2.46. The summed E-state index contributed by atoms with van der Waals surface area (Å²) in [6.07, 6.45) is 0.133. The first kappa shape index (κ1) is 18.3. The predicted molar refractivity (Wildman–Crippen MR) is 106 cm³/mol. The summed E-state index contributed by atoms with van der Waals surface area (Å²) >= 11 is 2.10. The van der Waals surface area contributed by atoms with E-state index in [-0.39, 0.29) is 11.9 Å². The van der Waals surface area contributed by atoms with E-state index in [9.17, 15) is 9.90 Å². The molecule has 0 aromatic heterocycles. The van der Waals surface area contributed by atoms with Crippen molar-refractivity contribution >= 4 is 45.1 Å². The van der Waals surface area contributed by atoms with Crippen molar-refractivity contribution < 1.29 is 19.4 Å². The summed E-state index contributed by atoms with van der Waals surface area (Å²) in [4.78, 5) is 14.4. The number of carbonyl (C=O) groups is 1. The summed E-state index contributed by atoms with van der Waals surface area (Å²) in [5.74, 6) is 0.194. The normalized spacial score (nSPS) is 17.5. The lowest BCUT2D eigenvalue weighted by atomic mass is 9.93. The highest BCUT2D eigenvalue weighted by Crippen LogP contribution is 2.44. The SMILES string of the molecule is CO[C@H]1Cc2c(c(I)c(O)c3ccccc23)N(C(=O)OC(C)(C)C)C1. The van der Waals surface area contributed by atoms with Gasteiger partial charge in [-0.1, -0.05) is 24.3 Å². The average Bonchev–Trinajstić information content (AvgIpc) is 2.57. The second-order valence-corrected chi connectivity index (χ2v) is 8.27. The molecule has 1 heterocycles. The van der Waals surface area contributed by atoms with Gasteiger partial charge in [0.2, 0.25) is 0 Å². The van der Waals surface area contributed by atoms with Crippen LogP contribution in [-0.4, -0.2) is 36.6 Å². The van der Waals surface area contributed by atoms with Gasteiger partial charge in [0, 0.05) is 18.9 Å². The fourth-order valence-electron chi connectivity index (χ4n) is 3.16. The molecule has 0 saturated carbocycles. The number of ether oxygens (including phenoxy) is 2. The first-order valence-corrected chi connectivity index (χ1v) is 9.26. The molecule has 134 valence electrons. The second-order valence-electron chi connectivity index (χ2n) is 7.19. The summed E-state index contributed by atoms with van der Waals surface area (Å²) in [6.45, 7) is 5.91. The van der Waals surface area contributed by atoms with Crippen LogP contribution in [0.2, 0.25) is 0 Å². The molecule has 1 N–H and O–H groups in total. The fourth-order valence-corrected chi connectivity index (χ4v) is 4.07. The van der Waals surface area contributed by atoms with Crippen LogP contribution in [0.4, 0.5) is 10.5 Å². The molecule has 1 amide bonds. The standard InChI is InChI=1S/C19H22INO4/c1-19(2,3)25-18(23)21-10-11(24-4)9-14-12-7-5-6-8-13(12)17(22)15(20)16(14)21/h5-8,11,22H,9-10H2,1-4H3/t11-/m0/s1. The van der Waals surface area contributed by atoms with Crippen LogP contribution >= 0.6 is 22.6 Å². The van der Waals surface area contributed by atoms with Crippen LogP contribution in [-0.2, 0) is 15.9 Å². The van der Waals surface area contributed by atoms with E-state index in [4.69, 9.17) is 9.47 Å². The van der Waals surface area contributed by atoms with Gasteiger partial charge in [-0.15, -0.1) is 0 Å². The van der Waals surface area contributed by atoms with Gasteiger partial charge in [-0.25, -0.2) is 4.79 Å². The Kier molecular flexibility index (Phi) is 4.85. The number of phenolic OH excluding ortho intramolecular Hbond substituents is 1. The van der Waals surface area contributed by atoms with Crippen molar-refractivity contribution in [3.8, 4) is 5.75 Å². The number of nitrogens with zero attached hydrogens (tertiary/aromatic N) is 1. The van der Waals surface area contributed by atoms with Crippen molar-refractivity contribution in [1.82, 2.24) is 0 Å². The first-order chi connectivity index (χ1) is 11.7. The van der Waals surface area contributed by atoms with E-state index < -0.39 is 11.7 Å². The van der Waals surface area contributed by atoms with Crippen LogP contribution in [0.5, 0.6) is 5.75 Å². The molecule has 1 aliphatic rings. The molecule has 0 spiro atoms. The van der Waals surface area contributed by atoms with Gasteiger partial charge in [0.25, 0.3) is 0 Å². The molecule has 0 aliphatic carbocycles. The van der Waals surface area contributed by atoms with Crippen LogP contribution in [0.25, 0.3) is 10.8 Å². The van der Waals surface area contributed by atoms with E-state index in [0.717, 1.165) is 22.0 Å². The third kappa shape index (κ3) is 3.42. The number of benzene rings is 2. The van der Waals surface area contributed by atoms with Crippen LogP contribution < -0.4 is 4.90 Å². The van der Waals surface area contributed by atoms with Gasteiger partial charge in [-0.2, -0.15) is 0 Å². The summed E-state index contributed by atoms with van der Waals surface area (Å²) < 4.78 is 11.8. The van der Waals surface area contributed by atoms with Crippen molar-refractivity contribution in [3.63, 3.8) is 0 Å². The zero-order valence-corrected chi connectivity index (χ0v) is 17.0. The predicted octanol–water partition coefficient (Wildman–Crippen LogP) is 4.46. The van der Waals surface area contributed by atoms with E-state index in [0.29, 0.717) is 16.5 Å². The minimum atomic E-state index is -0.596. The molecule has 0 saturated heterocycles. The number of carbonyl (C=O) groups excluding carboxylic acids is 1. The number of fused-ring (bicyclic) bond motifs is 3. The van der Waals surface area contributed by atoms with Gasteiger partial charge in [-0.05, 0) is 54.3 Å². The number of anilines is 1. The molecule has 25 heavy (non-hydrogen) atoms. The third-order valence-electron chi connectivity index (χ3n) is 4.24. The average molecular weight is 455 g/mol. The maximum Gasteiger partial charge on any atom is 0.414 e. The highest BCUT2D eigenvalue weighted by Gasteiger charge is 2.35. The summed E-state index contributed by atoms with van der Waals surface area (Å²) in [6, 6.07) is 7.69. The Morgan fingerprint density at radius 1 is 1.28 bits per heavy atom. The molecule has 5 nitrogen and oxygen atoms in total. The molecule has 1 atom stereocenters. The van der Waals surface area contributed by atoms with E-state index in [1.54, 1.807) is 12.0 Å². The molecule has 0 radical (unpaired) electrons. The first-order valence-electron chi connectivity index (χ1n) is 8.18. The minimum absolute atomic E-state index is 0.122. The van der Waals surface area contributed by atoms with Crippen molar-refractivity contribution in [2.45, 2.75) is 38.9 Å². The fraction of sp³-hybridized carbons (Fsp3) is 0.421. The molecule has 0 fully saturated rings. The Hall–Kier alpha value is -1.54. The van der Waals surface area contributed by atoms with Gasteiger partial charge in [0.15, 0.2) is 0 Å². The number of rotatable bonds is 1. The van der Waals surface area contributed by atoms with Crippen molar-refractivity contribution in [3.05, 3.63) is 33.4 Å². The number of halogens is 1. The maximum atomic E-state index is 12.8. The van der Waals surface area contributed by atoms with Crippen molar-refractivity contribution in [2.24, 2.45) is 0 Å². The number of amides is 1. The summed E-state index contributed by atoms with van der Waals surface area (Å²) in [5, 5.41) is 12.4. The molecule has 2 aromatic carbocycles. The largest absolute Gasteiger partial charge is 0.506 e. The van der Waals surface area contributed by atoms with Gasteiger partial charge < -0.3 is 14.6 Å². The van der Waals surface area contributed by atoms with E-state index in [1.807, 2.05) is 45.0 Å². The highest BCUT2D eigenvalue weighted by molar-refractivity contribution is 14.1. The van der Waals surface area contributed by atoms with E-state index in [1.165, 1.54) is 0 Å². The van der Waals surface area contributed by atoms with Crippen molar-refractivity contribution in [2.75, 3.05) is 18.6 Å². The second kappa shape index (κ2) is 6.64. The van der Waals surface area contributed by atoms with Gasteiger partial charge >= 0.3 is 6.09 Å². The molecular formula is C19H22INO4. The molecular weight excluding hydrogens is 433 g/mol. The van der Waals surface area contributed by atoms with Gasteiger partial charge in [0.1, 0.15) is 11.4 Å². The highest BCUT2D eigenvalue weighted by atomic mass is 127. The molecule has 6 heteroatoms. The molecule has 1 aliphatic heterocycles. The Morgan fingerprint density at radius 2 is 1.92 bits per heavy atom. The number of methoxy groups -OCH3 is 1. The van der Waals surface area contributed by atoms with Gasteiger partial charge in [0.05, 0.1) is 21.9 Å². The van der Waals surface area contributed by atoms with E-state index >= 15 is 0 Å². The molecule has 2 aromatic rings. The Bertz CT molecular complexity index is 828. The lowest BCUT2D eigenvalue weighted by molar-refractivity contribution is 0.0517.